The summed E-state index contributed by atoms with van der Waals surface area (Å²) >= 11 is 1.48. The van der Waals surface area contributed by atoms with E-state index in [0.29, 0.717) is 11.4 Å². The second-order valence-corrected chi connectivity index (χ2v) is 8.13. The summed E-state index contributed by atoms with van der Waals surface area (Å²) in [5, 5.41) is 6.52. The number of piperidine rings is 1. The molecular weight excluding hydrogens is 391 g/mol. The second-order valence-electron chi connectivity index (χ2n) is 7.12. The lowest BCUT2D eigenvalue weighted by Gasteiger charge is -2.31. The quantitative estimate of drug-likeness (QED) is 0.672. The molecule has 2 amide bonds. The van der Waals surface area contributed by atoms with Gasteiger partial charge in [0.15, 0.2) is 5.13 Å². The topological polar surface area (TPSA) is 74.3 Å². The summed E-state index contributed by atoms with van der Waals surface area (Å²) < 4.78 is 14.2. The van der Waals surface area contributed by atoms with Crippen LogP contribution in [-0.4, -0.2) is 29.9 Å². The number of fused-ring (bicyclic) bond motifs is 1. The monoisotopic (exact) mass is 412 g/mol. The summed E-state index contributed by atoms with van der Waals surface area (Å²) in [5.74, 6) is -0.512. The molecule has 0 spiro atoms. The van der Waals surface area contributed by atoms with Gasteiger partial charge >= 0.3 is 0 Å². The number of thiazole rings is 1. The summed E-state index contributed by atoms with van der Waals surface area (Å²) in [7, 11) is 0. The highest BCUT2D eigenvalue weighted by molar-refractivity contribution is 7.22. The fourth-order valence-electron chi connectivity index (χ4n) is 3.48. The maximum atomic E-state index is 13.4. The van der Waals surface area contributed by atoms with Crippen LogP contribution in [0.3, 0.4) is 0 Å². The van der Waals surface area contributed by atoms with Gasteiger partial charge in [0.2, 0.25) is 11.8 Å². The minimum atomic E-state index is -0.259. The smallest absolute Gasteiger partial charge is 0.227 e. The van der Waals surface area contributed by atoms with Crippen LogP contribution in [0.25, 0.3) is 10.2 Å². The minimum Gasteiger partial charge on any atom is -0.348 e. The van der Waals surface area contributed by atoms with E-state index in [1.807, 2.05) is 0 Å². The Morgan fingerprint density at radius 3 is 2.55 bits per heavy atom. The average Bonchev–Trinajstić information content (AvgIpc) is 3.11. The van der Waals surface area contributed by atoms with Crippen LogP contribution in [0.5, 0.6) is 0 Å². The molecule has 0 aliphatic carbocycles. The number of anilines is 3. The third kappa shape index (κ3) is 4.54. The number of aromatic nitrogens is 1. The van der Waals surface area contributed by atoms with Crippen LogP contribution in [0.1, 0.15) is 19.8 Å². The standard InChI is InChI=1S/C21H21FN4O2S/c1-13(27)23-16-3-2-4-17(12-16)24-20(28)14-7-9-26(10-8-14)21-25-18-6-5-15(22)11-19(18)29-21/h2-6,11-12,14H,7-10H2,1H3,(H,23,27)(H,24,28). The van der Waals surface area contributed by atoms with Gasteiger partial charge in [-0.05, 0) is 49.2 Å². The van der Waals surface area contributed by atoms with Crippen molar-refractivity contribution in [1.82, 2.24) is 4.98 Å². The molecule has 1 aromatic heterocycles. The first-order valence-corrected chi connectivity index (χ1v) is 10.3. The lowest BCUT2D eigenvalue weighted by molar-refractivity contribution is -0.120. The number of benzene rings is 2. The molecule has 29 heavy (non-hydrogen) atoms. The van der Waals surface area contributed by atoms with E-state index in [1.165, 1.54) is 30.4 Å². The van der Waals surface area contributed by atoms with Crippen molar-refractivity contribution < 1.29 is 14.0 Å². The Hall–Kier alpha value is -3.00. The number of rotatable bonds is 4. The summed E-state index contributed by atoms with van der Waals surface area (Å²) in [6.45, 7) is 2.90. The molecule has 1 saturated heterocycles. The SMILES string of the molecule is CC(=O)Nc1cccc(NC(=O)C2CCN(c3nc4ccc(F)cc4s3)CC2)c1. The van der Waals surface area contributed by atoms with E-state index >= 15 is 0 Å². The molecule has 8 heteroatoms. The van der Waals surface area contributed by atoms with Crippen LogP contribution in [0.2, 0.25) is 0 Å². The number of carbonyl (C=O) groups excluding carboxylic acids is 2. The van der Waals surface area contributed by atoms with Gasteiger partial charge in [-0.25, -0.2) is 9.37 Å². The molecule has 0 bridgehead atoms. The molecule has 2 N–H and O–H groups in total. The fraction of sp³-hybridized carbons (Fsp3) is 0.286. The van der Waals surface area contributed by atoms with Crippen molar-refractivity contribution in [1.29, 1.82) is 0 Å². The molecule has 0 unspecified atom stereocenters. The molecule has 3 aromatic rings. The summed E-state index contributed by atoms with van der Waals surface area (Å²) in [5.41, 5.74) is 2.11. The molecule has 0 radical (unpaired) electrons. The van der Waals surface area contributed by atoms with Crippen molar-refractivity contribution >= 4 is 49.9 Å². The molecule has 4 rings (SSSR count). The van der Waals surface area contributed by atoms with Crippen molar-refractivity contribution in [2.45, 2.75) is 19.8 Å². The van der Waals surface area contributed by atoms with Gasteiger partial charge in [0.25, 0.3) is 0 Å². The molecule has 1 aliphatic rings. The first kappa shape index (κ1) is 19.3. The molecule has 150 valence electrons. The van der Waals surface area contributed by atoms with Gasteiger partial charge in [-0.2, -0.15) is 0 Å². The highest BCUT2D eigenvalue weighted by atomic mass is 32.1. The van der Waals surface area contributed by atoms with Gasteiger partial charge in [-0.1, -0.05) is 17.4 Å². The van der Waals surface area contributed by atoms with Crippen molar-refractivity contribution in [2.24, 2.45) is 5.92 Å². The lowest BCUT2D eigenvalue weighted by Crippen LogP contribution is -2.38. The molecule has 1 fully saturated rings. The Kier molecular flexibility index (Phi) is 5.44. The molecule has 0 atom stereocenters. The molecule has 2 heterocycles. The fourth-order valence-corrected chi connectivity index (χ4v) is 4.52. The van der Waals surface area contributed by atoms with Crippen LogP contribution < -0.4 is 15.5 Å². The highest BCUT2D eigenvalue weighted by Gasteiger charge is 2.26. The Balaban J connectivity index is 1.36. The number of nitrogens with zero attached hydrogens (tertiary/aromatic N) is 2. The van der Waals surface area contributed by atoms with E-state index in [2.05, 4.69) is 20.5 Å². The zero-order valence-corrected chi connectivity index (χ0v) is 16.8. The van der Waals surface area contributed by atoms with E-state index < -0.39 is 0 Å². The number of nitrogens with one attached hydrogen (secondary N) is 2. The number of halogens is 1. The first-order valence-electron chi connectivity index (χ1n) is 9.47. The van der Waals surface area contributed by atoms with Crippen LogP contribution >= 0.6 is 11.3 Å². The Morgan fingerprint density at radius 1 is 1.10 bits per heavy atom. The third-order valence-electron chi connectivity index (χ3n) is 4.93. The normalized spacial score (nSPS) is 14.8. The van der Waals surface area contributed by atoms with Crippen molar-refractivity contribution in [3.05, 3.63) is 48.3 Å². The van der Waals surface area contributed by atoms with Gasteiger partial charge in [0, 0.05) is 37.3 Å². The maximum absolute atomic E-state index is 13.4. The number of amides is 2. The van der Waals surface area contributed by atoms with Gasteiger partial charge in [0.05, 0.1) is 10.2 Å². The Labute approximate surface area is 171 Å². The predicted octanol–water partition coefficient (Wildman–Crippen LogP) is 4.25. The average molecular weight is 412 g/mol. The minimum absolute atomic E-state index is 0.0176. The van der Waals surface area contributed by atoms with Crippen LogP contribution in [0.4, 0.5) is 20.9 Å². The van der Waals surface area contributed by atoms with Gasteiger partial charge in [0.1, 0.15) is 5.82 Å². The van der Waals surface area contributed by atoms with E-state index in [9.17, 15) is 14.0 Å². The second kappa shape index (κ2) is 8.16. The van der Waals surface area contributed by atoms with Crippen LogP contribution in [0, 0.1) is 11.7 Å². The highest BCUT2D eigenvalue weighted by Crippen LogP contribution is 2.32. The molecule has 1 aliphatic heterocycles. The summed E-state index contributed by atoms with van der Waals surface area (Å²) in [4.78, 5) is 30.6. The van der Waals surface area contributed by atoms with Crippen molar-refractivity contribution in [2.75, 3.05) is 28.6 Å². The van der Waals surface area contributed by atoms with Crippen molar-refractivity contribution in [3.8, 4) is 0 Å². The predicted molar refractivity (Wildman–Crippen MR) is 114 cm³/mol. The first-order chi connectivity index (χ1) is 14.0. The largest absolute Gasteiger partial charge is 0.348 e. The maximum Gasteiger partial charge on any atom is 0.227 e. The molecule has 0 saturated carbocycles. The lowest BCUT2D eigenvalue weighted by atomic mass is 9.96. The molecule has 2 aromatic carbocycles. The van der Waals surface area contributed by atoms with Crippen LogP contribution in [0.15, 0.2) is 42.5 Å². The number of hydrogen-bond acceptors (Lipinski definition) is 5. The summed E-state index contributed by atoms with van der Waals surface area (Å²) in [6, 6.07) is 11.7. The third-order valence-corrected chi connectivity index (χ3v) is 6.00. The van der Waals surface area contributed by atoms with E-state index in [-0.39, 0.29) is 23.5 Å². The summed E-state index contributed by atoms with van der Waals surface area (Å²) in [6.07, 6.45) is 1.45. The van der Waals surface area contributed by atoms with E-state index in [1.54, 1.807) is 30.3 Å². The zero-order valence-electron chi connectivity index (χ0n) is 15.9. The van der Waals surface area contributed by atoms with Crippen molar-refractivity contribution in [3.63, 3.8) is 0 Å². The van der Waals surface area contributed by atoms with Gasteiger partial charge in [-0.15, -0.1) is 0 Å². The molecular formula is C21H21FN4O2S. The van der Waals surface area contributed by atoms with Gasteiger partial charge in [-0.3, -0.25) is 9.59 Å². The van der Waals surface area contributed by atoms with Crippen LogP contribution in [-0.2, 0) is 9.59 Å². The zero-order chi connectivity index (χ0) is 20.4. The Morgan fingerprint density at radius 2 is 1.83 bits per heavy atom. The number of carbonyl (C=O) groups is 2. The van der Waals surface area contributed by atoms with E-state index in [0.717, 1.165) is 41.3 Å². The van der Waals surface area contributed by atoms with E-state index in [4.69, 9.17) is 0 Å². The Bertz CT molecular complexity index is 1060. The number of hydrogen-bond donors (Lipinski definition) is 2. The molecule has 6 nitrogen and oxygen atoms in total. The van der Waals surface area contributed by atoms with Gasteiger partial charge < -0.3 is 15.5 Å².